The zero-order valence-electron chi connectivity index (χ0n) is 11.7. The molecule has 0 atom stereocenters. The lowest BCUT2D eigenvalue weighted by atomic mass is 10.1. The first kappa shape index (κ1) is 17.0. The third-order valence-electron chi connectivity index (χ3n) is 2.85. The fourth-order valence-electron chi connectivity index (χ4n) is 1.72. The van der Waals surface area contributed by atoms with Gasteiger partial charge in [0.2, 0.25) is 5.91 Å². The number of hydrazone groups is 1. The molecule has 0 saturated heterocycles. The lowest BCUT2D eigenvalue weighted by Gasteiger charge is -2.00. The van der Waals surface area contributed by atoms with Crippen molar-refractivity contribution in [2.45, 2.75) is 45.4 Å². The Morgan fingerprint density at radius 1 is 1.20 bits per heavy atom. The molecule has 0 heterocycles. The van der Waals surface area contributed by atoms with E-state index in [1.54, 1.807) is 24.4 Å². The summed E-state index contributed by atoms with van der Waals surface area (Å²) in [6, 6.07) is 5.18. The first-order chi connectivity index (χ1) is 9.63. The molecule has 20 heavy (non-hydrogen) atoms. The van der Waals surface area contributed by atoms with Gasteiger partial charge in [-0.3, -0.25) is 4.79 Å². The fraction of sp³-hybridized carbons (Fsp3) is 0.467. The highest BCUT2D eigenvalue weighted by molar-refractivity contribution is 6.42. The van der Waals surface area contributed by atoms with Gasteiger partial charge in [0.05, 0.1) is 16.3 Å². The zero-order chi connectivity index (χ0) is 14.8. The van der Waals surface area contributed by atoms with Crippen molar-refractivity contribution in [2.75, 3.05) is 0 Å². The predicted molar refractivity (Wildman–Crippen MR) is 85.6 cm³/mol. The molecule has 0 aliphatic heterocycles. The van der Waals surface area contributed by atoms with Crippen LogP contribution in [0, 0.1) is 0 Å². The van der Waals surface area contributed by atoms with Gasteiger partial charge in [0, 0.05) is 6.42 Å². The number of nitrogens with zero attached hydrogens (tertiary/aromatic N) is 1. The Labute approximate surface area is 130 Å². The second kappa shape index (κ2) is 9.78. The quantitative estimate of drug-likeness (QED) is 0.418. The van der Waals surface area contributed by atoms with Gasteiger partial charge in [-0.25, -0.2) is 5.43 Å². The molecule has 0 unspecified atom stereocenters. The van der Waals surface area contributed by atoms with Crippen LogP contribution >= 0.6 is 23.2 Å². The number of hydrogen-bond acceptors (Lipinski definition) is 2. The molecule has 0 aliphatic rings. The van der Waals surface area contributed by atoms with E-state index in [1.807, 2.05) is 0 Å². The molecule has 0 saturated carbocycles. The highest BCUT2D eigenvalue weighted by Gasteiger charge is 2.00. The van der Waals surface area contributed by atoms with Crippen LogP contribution in [-0.2, 0) is 4.79 Å². The summed E-state index contributed by atoms with van der Waals surface area (Å²) in [5.41, 5.74) is 3.30. The molecule has 0 aliphatic carbocycles. The maximum Gasteiger partial charge on any atom is 0.240 e. The molecule has 0 spiro atoms. The minimum absolute atomic E-state index is 0.0576. The highest BCUT2D eigenvalue weighted by atomic mass is 35.5. The molecule has 0 fully saturated rings. The van der Waals surface area contributed by atoms with Gasteiger partial charge in [-0.05, 0) is 24.1 Å². The number of benzene rings is 1. The fourth-order valence-corrected chi connectivity index (χ4v) is 2.02. The minimum Gasteiger partial charge on any atom is -0.273 e. The predicted octanol–water partition coefficient (Wildman–Crippen LogP) is 4.80. The third-order valence-corrected chi connectivity index (χ3v) is 3.59. The molecule has 1 amide bonds. The summed E-state index contributed by atoms with van der Waals surface area (Å²) >= 11 is 11.7. The van der Waals surface area contributed by atoms with E-state index in [0.717, 1.165) is 18.4 Å². The maximum absolute atomic E-state index is 11.5. The molecule has 1 aromatic carbocycles. The number of carbonyl (C=O) groups excluding carboxylic acids is 1. The summed E-state index contributed by atoms with van der Waals surface area (Å²) in [4.78, 5) is 11.5. The second-order valence-electron chi connectivity index (χ2n) is 4.63. The van der Waals surface area contributed by atoms with Crippen LogP contribution in [0.2, 0.25) is 10.0 Å². The van der Waals surface area contributed by atoms with Crippen LogP contribution in [-0.4, -0.2) is 12.1 Å². The topological polar surface area (TPSA) is 41.5 Å². The molecular weight excluding hydrogens is 295 g/mol. The molecule has 0 radical (unpaired) electrons. The van der Waals surface area contributed by atoms with Crippen molar-refractivity contribution < 1.29 is 4.79 Å². The van der Waals surface area contributed by atoms with Crippen molar-refractivity contribution >= 4 is 35.3 Å². The molecule has 1 rings (SSSR count). The lowest BCUT2D eigenvalue weighted by molar-refractivity contribution is -0.121. The Kier molecular flexibility index (Phi) is 8.31. The largest absolute Gasteiger partial charge is 0.273 e. The van der Waals surface area contributed by atoms with Crippen molar-refractivity contribution in [3.63, 3.8) is 0 Å². The Morgan fingerprint density at radius 3 is 2.65 bits per heavy atom. The monoisotopic (exact) mass is 314 g/mol. The normalized spacial score (nSPS) is 10.9. The van der Waals surface area contributed by atoms with Gasteiger partial charge >= 0.3 is 0 Å². The lowest BCUT2D eigenvalue weighted by Crippen LogP contribution is -2.16. The third kappa shape index (κ3) is 6.92. The van der Waals surface area contributed by atoms with Crippen LogP contribution in [0.5, 0.6) is 0 Å². The molecule has 110 valence electrons. The number of amides is 1. The summed E-state index contributed by atoms with van der Waals surface area (Å²) in [5.74, 6) is -0.0576. The van der Waals surface area contributed by atoms with Crippen LogP contribution in [0.4, 0.5) is 0 Å². The average Bonchev–Trinajstić information content (AvgIpc) is 2.42. The minimum atomic E-state index is -0.0576. The van der Waals surface area contributed by atoms with Crippen LogP contribution in [0.15, 0.2) is 23.3 Å². The smallest absolute Gasteiger partial charge is 0.240 e. The Bertz CT molecular complexity index is 461. The summed E-state index contributed by atoms with van der Waals surface area (Å²) in [6.45, 7) is 2.17. The van der Waals surface area contributed by atoms with Gasteiger partial charge in [-0.1, -0.05) is 61.9 Å². The number of nitrogens with one attached hydrogen (secondary N) is 1. The molecule has 0 bridgehead atoms. The van der Waals surface area contributed by atoms with E-state index in [2.05, 4.69) is 17.5 Å². The maximum atomic E-state index is 11.5. The van der Waals surface area contributed by atoms with Gasteiger partial charge in [0.25, 0.3) is 0 Å². The van der Waals surface area contributed by atoms with Crippen LogP contribution < -0.4 is 5.43 Å². The molecule has 1 aromatic rings. The molecule has 1 N–H and O–H groups in total. The number of rotatable bonds is 8. The van der Waals surface area contributed by atoms with Gasteiger partial charge in [-0.2, -0.15) is 5.10 Å². The second-order valence-corrected chi connectivity index (χ2v) is 5.45. The van der Waals surface area contributed by atoms with E-state index in [4.69, 9.17) is 23.2 Å². The number of unbranched alkanes of at least 4 members (excludes halogenated alkanes) is 4. The van der Waals surface area contributed by atoms with Crippen molar-refractivity contribution in [3.05, 3.63) is 33.8 Å². The van der Waals surface area contributed by atoms with E-state index in [9.17, 15) is 4.79 Å². The standard InChI is InChI=1S/C15H20Cl2N2O/c1-2-3-4-5-6-7-15(20)19-18-11-12-8-9-13(16)14(17)10-12/h8-11H,2-7H2,1H3,(H,19,20). The number of hydrogen-bond donors (Lipinski definition) is 1. The summed E-state index contributed by atoms with van der Waals surface area (Å²) < 4.78 is 0. The van der Waals surface area contributed by atoms with Gasteiger partial charge in [-0.15, -0.1) is 0 Å². The average molecular weight is 315 g/mol. The van der Waals surface area contributed by atoms with Crippen molar-refractivity contribution in [3.8, 4) is 0 Å². The van der Waals surface area contributed by atoms with Crippen LogP contribution in [0.1, 0.15) is 51.0 Å². The first-order valence-corrected chi connectivity index (χ1v) is 7.66. The first-order valence-electron chi connectivity index (χ1n) is 6.90. The summed E-state index contributed by atoms with van der Waals surface area (Å²) in [6.07, 6.45) is 7.71. The van der Waals surface area contributed by atoms with Crippen LogP contribution in [0.25, 0.3) is 0 Å². The van der Waals surface area contributed by atoms with E-state index >= 15 is 0 Å². The Hall–Kier alpha value is -1.06. The highest BCUT2D eigenvalue weighted by Crippen LogP contribution is 2.21. The van der Waals surface area contributed by atoms with Crippen LogP contribution in [0.3, 0.4) is 0 Å². The SMILES string of the molecule is CCCCCCCC(=O)NN=Cc1ccc(Cl)c(Cl)c1. The van der Waals surface area contributed by atoms with Crippen molar-refractivity contribution in [1.82, 2.24) is 5.43 Å². The number of carbonyl (C=O) groups is 1. The Balaban J connectivity index is 2.26. The Morgan fingerprint density at radius 2 is 1.95 bits per heavy atom. The molecule has 5 heteroatoms. The number of halogens is 2. The zero-order valence-corrected chi connectivity index (χ0v) is 13.2. The van der Waals surface area contributed by atoms with Gasteiger partial charge in [0.15, 0.2) is 0 Å². The van der Waals surface area contributed by atoms with E-state index < -0.39 is 0 Å². The van der Waals surface area contributed by atoms with Gasteiger partial charge < -0.3 is 0 Å². The molecule has 0 aromatic heterocycles. The van der Waals surface area contributed by atoms with E-state index in [0.29, 0.717) is 16.5 Å². The summed E-state index contributed by atoms with van der Waals surface area (Å²) in [5, 5.41) is 4.87. The van der Waals surface area contributed by atoms with E-state index in [1.165, 1.54) is 19.3 Å². The van der Waals surface area contributed by atoms with Crippen molar-refractivity contribution in [2.24, 2.45) is 5.10 Å². The summed E-state index contributed by atoms with van der Waals surface area (Å²) in [7, 11) is 0. The molecular formula is C15H20Cl2N2O. The molecule has 3 nitrogen and oxygen atoms in total. The van der Waals surface area contributed by atoms with Crippen molar-refractivity contribution in [1.29, 1.82) is 0 Å². The van der Waals surface area contributed by atoms with Gasteiger partial charge in [0.1, 0.15) is 0 Å². The van der Waals surface area contributed by atoms with E-state index in [-0.39, 0.29) is 5.91 Å².